The van der Waals surface area contributed by atoms with Crippen molar-refractivity contribution in [2.24, 2.45) is 5.92 Å². The van der Waals surface area contributed by atoms with Crippen molar-refractivity contribution in [3.63, 3.8) is 0 Å². The third-order valence-electron chi connectivity index (χ3n) is 3.67. The molecule has 1 unspecified atom stereocenters. The quantitative estimate of drug-likeness (QED) is 0.628. The maximum absolute atomic E-state index is 12.1. The summed E-state index contributed by atoms with van der Waals surface area (Å²) in [6.45, 7) is 10.00. The summed E-state index contributed by atoms with van der Waals surface area (Å²) in [5, 5.41) is 7.44. The third-order valence-corrected chi connectivity index (χ3v) is 3.67. The largest absolute Gasteiger partial charge is 0.370 e. The van der Waals surface area contributed by atoms with E-state index in [4.69, 9.17) is 0 Å². The van der Waals surface area contributed by atoms with Crippen LogP contribution in [0.3, 0.4) is 0 Å². The lowest BCUT2D eigenvalue weighted by molar-refractivity contribution is 0.445. The fourth-order valence-electron chi connectivity index (χ4n) is 2.58. The molecule has 5 nitrogen and oxygen atoms in total. The summed E-state index contributed by atoms with van der Waals surface area (Å²) in [6, 6.07) is 1.71. The number of anilines is 1. The summed E-state index contributed by atoms with van der Waals surface area (Å²) in [5.41, 5.74) is 0.929. The van der Waals surface area contributed by atoms with E-state index < -0.39 is 0 Å². The van der Waals surface area contributed by atoms with Gasteiger partial charge in [-0.15, -0.1) is 6.58 Å². The number of nitrogens with zero attached hydrogens (tertiary/aromatic N) is 3. The minimum atomic E-state index is -0.0267. The predicted molar refractivity (Wildman–Crippen MR) is 82.2 cm³/mol. The molecule has 1 fully saturated rings. The lowest BCUT2D eigenvalue weighted by Crippen LogP contribution is -2.36. The molecule has 0 spiro atoms. The zero-order valence-corrected chi connectivity index (χ0v) is 12.2. The van der Waals surface area contributed by atoms with E-state index in [2.05, 4.69) is 28.8 Å². The third kappa shape index (κ3) is 3.93. The van der Waals surface area contributed by atoms with Crippen LogP contribution in [0, 0.1) is 5.92 Å². The molecule has 0 bridgehead atoms. The molecule has 1 aromatic rings. The first-order valence-electron chi connectivity index (χ1n) is 7.34. The van der Waals surface area contributed by atoms with E-state index in [1.165, 1.54) is 17.5 Å². The second-order valence-corrected chi connectivity index (χ2v) is 5.46. The number of hydrogen-bond acceptors (Lipinski definition) is 4. The van der Waals surface area contributed by atoms with Crippen LogP contribution in [0.4, 0.5) is 5.69 Å². The summed E-state index contributed by atoms with van der Waals surface area (Å²) in [4.78, 5) is 14.3. The molecule has 0 radical (unpaired) electrons. The van der Waals surface area contributed by atoms with Gasteiger partial charge in [-0.1, -0.05) is 13.0 Å². The Labute approximate surface area is 120 Å². The van der Waals surface area contributed by atoms with Crippen molar-refractivity contribution in [3.8, 4) is 0 Å². The highest BCUT2D eigenvalue weighted by atomic mass is 16.1. The Morgan fingerprint density at radius 3 is 3.15 bits per heavy atom. The first kappa shape index (κ1) is 14.8. The van der Waals surface area contributed by atoms with Gasteiger partial charge in [0.15, 0.2) is 0 Å². The molecule has 1 atom stereocenters. The number of aromatic nitrogens is 2. The van der Waals surface area contributed by atoms with Crippen LogP contribution in [0.25, 0.3) is 0 Å². The van der Waals surface area contributed by atoms with Crippen molar-refractivity contribution in [3.05, 3.63) is 35.3 Å². The van der Waals surface area contributed by atoms with Gasteiger partial charge in [-0.3, -0.25) is 4.79 Å². The minimum Gasteiger partial charge on any atom is -0.370 e. The lowest BCUT2D eigenvalue weighted by atomic mass is 10.00. The molecular weight excluding hydrogens is 252 g/mol. The van der Waals surface area contributed by atoms with Crippen LogP contribution >= 0.6 is 0 Å². The summed E-state index contributed by atoms with van der Waals surface area (Å²) in [5.74, 6) is 0.689. The number of piperidine rings is 1. The normalized spacial score (nSPS) is 19.1. The Balaban J connectivity index is 1.98. The highest BCUT2D eigenvalue weighted by molar-refractivity contribution is 5.43. The fourth-order valence-corrected chi connectivity index (χ4v) is 2.58. The molecule has 1 aromatic heterocycles. The van der Waals surface area contributed by atoms with Gasteiger partial charge in [0.1, 0.15) is 0 Å². The molecule has 1 aliphatic rings. The first-order chi connectivity index (χ1) is 9.70. The molecular formula is C15H24N4O. The topological polar surface area (TPSA) is 50.2 Å². The minimum absolute atomic E-state index is 0.0267. The molecule has 5 heteroatoms. The van der Waals surface area contributed by atoms with Crippen molar-refractivity contribution in [1.82, 2.24) is 15.1 Å². The number of nitrogens with one attached hydrogen (secondary N) is 1. The van der Waals surface area contributed by atoms with Gasteiger partial charge in [-0.25, -0.2) is 4.68 Å². The summed E-state index contributed by atoms with van der Waals surface area (Å²) < 4.78 is 1.51. The second kappa shape index (κ2) is 7.24. The van der Waals surface area contributed by atoms with Crippen molar-refractivity contribution >= 4 is 5.69 Å². The zero-order chi connectivity index (χ0) is 14.4. The second-order valence-electron chi connectivity index (χ2n) is 5.46. The van der Waals surface area contributed by atoms with Crippen LogP contribution in [-0.4, -0.2) is 36.0 Å². The van der Waals surface area contributed by atoms with Gasteiger partial charge < -0.3 is 10.2 Å². The van der Waals surface area contributed by atoms with E-state index >= 15 is 0 Å². The van der Waals surface area contributed by atoms with Gasteiger partial charge >= 0.3 is 0 Å². The number of rotatable bonds is 6. The maximum atomic E-state index is 12.1. The van der Waals surface area contributed by atoms with Crippen molar-refractivity contribution in [2.45, 2.75) is 26.3 Å². The van der Waals surface area contributed by atoms with E-state index in [9.17, 15) is 4.79 Å². The Kier molecular flexibility index (Phi) is 5.35. The van der Waals surface area contributed by atoms with Crippen LogP contribution < -0.4 is 15.8 Å². The highest BCUT2D eigenvalue weighted by Crippen LogP contribution is 2.20. The Hall–Kier alpha value is -1.62. The van der Waals surface area contributed by atoms with Gasteiger partial charge in [-0.2, -0.15) is 5.10 Å². The van der Waals surface area contributed by atoms with E-state index in [0.29, 0.717) is 12.5 Å². The smallest absolute Gasteiger partial charge is 0.268 e. The number of hydrogen-bond donors (Lipinski definition) is 1. The molecule has 0 amide bonds. The molecule has 1 N–H and O–H groups in total. The van der Waals surface area contributed by atoms with Crippen molar-refractivity contribution < 1.29 is 0 Å². The summed E-state index contributed by atoms with van der Waals surface area (Å²) >= 11 is 0. The molecule has 0 saturated carbocycles. The van der Waals surface area contributed by atoms with E-state index in [-0.39, 0.29) is 5.56 Å². The Morgan fingerprint density at radius 2 is 2.45 bits per heavy atom. The average Bonchev–Trinajstić information content (AvgIpc) is 2.45. The van der Waals surface area contributed by atoms with Gasteiger partial charge in [0, 0.05) is 32.2 Å². The molecule has 2 heterocycles. The standard InChI is InChI=1S/C15H24N4O/c1-3-6-16-7-9-19-15(20)10-14(11-17-19)18-8-4-5-13(2)12-18/h3,10-11,13,16H,1,4-9,12H2,2H3. The van der Waals surface area contributed by atoms with Crippen molar-refractivity contribution in [1.29, 1.82) is 0 Å². The molecule has 1 saturated heterocycles. The average molecular weight is 276 g/mol. The highest BCUT2D eigenvalue weighted by Gasteiger charge is 2.17. The molecule has 2 rings (SSSR count). The lowest BCUT2D eigenvalue weighted by Gasteiger charge is -2.32. The van der Waals surface area contributed by atoms with Gasteiger partial charge in [-0.05, 0) is 18.8 Å². The SMILES string of the molecule is C=CCNCCn1ncc(N2CCCC(C)C2)cc1=O. The predicted octanol–water partition coefficient (Wildman–Crippen LogP) is 1.26. The molecule has 0 aromatic carbocycles. The van der Waals surface area contributed by atoms with Gasteiger partial charge in [0.05, 0.1) is 18.4 Å². The van der Waals surface area contributed by atoms with Crippen LogP contribution in [0.15, 0.2) is 29.7 Å². The molecule has 110 valence electrons. The first-order valence-corrected chi connectivity index (χ1v) is 7.34. The van der Waals surface area contributed by atoms with Gasteiger partial charge in [0.25, 0.3) is 5.56 Å². The Morgan fingerprint density at radius 1 is 1.60 bits per heavy atom. The van der Waals surface area contributed by atoms with Crippen LogP contribution in [0.5, 0.6) is 0 Å². The van der Waals surface area contributed by atoms with E-state index in [0.717, 1.165) is 31.9 Å². The molecule has 1 aliphatic heterocycles. The molecule has 0 aliphatic carbocycles. The Bertz CT molecular complexity index is 497. The summed E-state index contributed by atoms with van der Waals surface area (Å²) in [7, 11) is 0. The monoisotopic (exact) mass is 276 g/mol. The summed E-state index contributed by atoms with van der Waals surface area (Å²) in [6.07, 6.45) is 6.08. The van der Waals surface area contributed by atoms with Gasteiger partial charge in [0.2, 0.25) is 0 Å². The van der Waals surface area contributed by atoms with Crippen LogP contribution in [-0.2, 0) is 6.54 Å². The molecule has 20 heavy (non-hydrogen) atoms. The maximum Gasteiger partial charge on any atom is 0.268 e. The van der Waals surface area contributed by atoms with E-state index in [1.54, 1.807) is 12.1 Å². The fraction of sp³-hybridized carbons (Fsp3) is 0.600. The van der Waals surface area contributed by atoms with Crippen LogP contribution in [0.1, 0.15) is 19.8 Å². The van der Waals surface area contributed by atoms with E-state index in [1.807, 2.05) is 6.20 Å². The zero-order valence-electron chi connectivity index (χ0n) is 12.2. The van der Waals surface area contributed by atoms with Crippen molar-refractivity contribution in [2.75, 3.05) is 31.1 Å². The van der Waals surface area contributed by atoms with Crippen LogP contribution in [0.2, 0.25) is 0 Å².